The van der Waals surface area contributed by atoms with Gasteiger partial charge in [-0.15, -0.1) is 0 Å². The summed E-state index contributed by atoms with van der Waals surface area (Å²) >= 11 is 11.6. The van der Waals surface area contributed by atoms with Crippen LogP contribution in [-0.4, -0.2) is 11.0 Å². The van der Waals surface area contributed by atoms with E-state index in [0.29, 0.717) is 5.56 Å². The van der Waals surface area contributed by atoms with Crippen LogP contribution in [0.1, 0.15) is 5.56 Å². The fraction of sp³-hybridized carbons (Fsp3) is 0.0714. The summed E-state index contributed by atoms with van der Waals surface area (Å²) in [7, 11) is 0. The first-order valence-corrected chi connectivity index (χ1v) is 6.44. The molecule has 6 heteroatoms. The number of anilines is 1. The molecular weight excluding hydrogens is 304 g/mol. The fourth-order valence-electron chi connectivity index (χ4n) is 1.68. The van der Waals surface area contributed by atoms with Gasteiger partial charge >= 0.3 is 0 Å². The Morgan fingerprint density at radius 3 is 2.40 bits per heavy atom. The van der Waals surface area contributed by atoms with E-state index in [9.17, 15) is 14.3 Å². The second-order valence-corrected chi connectivity index (χ2v) is 4.91. The van der Waals surface area contributed by atoms with Crippen molar-refractivity contribution in [1.82, 2.24) is 0 Å². The first-order valence-electron chi connectivity index (χ1n) is 5.68. The molecule has 0 radical (unpaired) electrons. The van der Waals surface area contributed by atoms with E-state index in [0.717, 1.165) is 12.1 Å². The Kier molecular flexibility index (Phi) is 4.47. The van der Waals surface area contributed by atoms with Gasteiger partial charge < -0.3 is 10.4 Å². The van der Waals surface area contributed by atoms with Crippen LogP contribution in [0.15, 0.2) is 36.4 Å². The van der Waals surface area contributed by atoms with Crippen LogP contribution in [0.5, 0.6) is 5.75 Å². The van der Waals surface area contributed by atoms with Gasteiger partial charge in [0.25, 0.3) is 0 Å². The molecule has 2 rings (SSSR count). The molecule has 0 bridgehead atoms. The highest BCUT2D eigenvalue weighted by molar-refractivity contribution is 6.39. The van der Waals surface area contributed by atoms with Crippen molar-refractivity contribution in [2.45, 2.75) is 6.42 Å². The summed E-state index contributed by atoms with van der Waals surface area (Å²) in [6, 6.07) is 8.60. The summed E-state index contributed by atoms with van der Waals surface area (Å²) in [5.41, 5.74) is 0.620. The lowest BCUT2D eigenvalue weighted by atomic mass is 10.1. The van der Waals surface area contributed by atoms with Gasteiger partial charge in [0.15, 0.2) is 0 Å². The topological polar surface area (TPSA) is 49.3 Å². The van der Waals surface area contributed by atoms with Crippen LogP contribution in [-0.2, 0) is 11.2 Å². The van der Waals surface area contributed by atoms with E-state index >= 15 is 0 Å². The van der Waals surface area contributed by atoms with Crippen molar-refractivity contribution in [3.8, 4) is 5.75 Å². The minimum atomic E-state index is -0.585. The smallest absolute Gasteiger partial charge is 0.229 e. The fourth-order valence-corrected chi connectivity index (χ4v) is 2.23. The summed E-state index contributed by atoms with van der Waals surface area (Å²) < 4.78 is 13.0. The normalized spacial score (nSPS) is 10.3. The van der Waals surface area contributed by atoms with E-state index < -0.39 is 11.7 Å². The molecule has 2 N–H and O–H groups in total. The molecule has 0 aromatic heterocycles. The number of hydrogen-bond acceptors (Lipinski definition) is 2. The summed E-state index contributed by atoms with van der Waals surface area (Å²) in [6.45, 7) is 0. The molecule has 0 spiro atoms. The molecule has 0 fully saturated rings. The molecule has 0 heterocycles. The highest BCUT2D eigenvalue weighted by Crippen LogP contribution is 2.31. The third-order valence-corrected chi connectivity index (χ3v) is 3.21. The van der Waals surface area contributed by atoms with Crippen molar-refractivity contribution in [3.05, 3.63) is 57.8 Å². The van der Waals surface area contributed by atoms with Gasteiger partial charge in [0.05, 0.1) is 22.2 Å². The molecule has 0 atom stereocenters. The average Bonchev–Trinajstić information content (AvgIpc) is 2.36. The number of amides is 1. The van der Waals surface area contributed by atoms with Crippen molar-refractivity contribution < 1.29 is 14.3 Å². The van der Waals surface area contributed by atoms with Crippen LogP contribution < -0.4 is 5.32 Å². The van der Waals surface area contributed by atoms with Crippen molar-refractivity contribution in [1.29, 1.82) is 0 Å². The Bertz CT molecular complexity index is 638. The van der Waals surface area contributed by atoms with E-state index in [4.69, 9.17) is 23.2 Å². The number of carbonyl (C=O) groups excluding carboxylic acids is 1. The molecule has 0 unspecified atom stereocenters. The van der Waals surface area contributed by atoms with Crippen LogP contribution in [0.3, 0.4) is 0 Å². The zero-order valence-corrected chi connectivity index (χ0v) is 11.7. The monoisotopic (exact) mass is 313 g/mol. The molecule has 20 heavy (non-hydrogen) atoms. The van der Waals surface area contributed by atoms with Crippen LogP contribution in [0, 0.1) is 5.82 Å². The number of carbonyl (C=O) groups is 1. The molecule has 0 saturated carbocycles. The van der Waals surface area contributed by atoms with Crippen molar-refractivity contribution in [2.75, 3.05) is 5.32 Å². The quantitative estimate of drug-likeness (QED) is 0.899. The van der Waals surface area contributed by atoms with E-state index in [2.05, 4.69) is 5.32 Å². The second kappa shape index (κ2) is 6.11. The third-order valence-electron chi connectivity index (χ3n) is 2.61. The first-order chi connectivity index (χ1) is 9.47. The maximum atomic E-state index is 13.0. The third kappa shape index (κ3) is 3.40. The van der Waals surface area contributed by atoms with Gasteiger partial charge in [-0.25, -0.2) is 4.39 Å². The SMILES string of the molecule is O=C(Cc1ccccc1O)Nc1c(Cl)cc(F)cc1Cl. The minimum absolute atomic E-state index is 0.0145. The molecule has 104 valence electrons. The van der Waals surface area contributed by atoms with Gasteiger partial charge in [-0.05, 0) is 18.2 Å². The van der Waals surface area contributed by atoms with Crippen LogP contribution in [0.2, 0.25) is 10.0 Å². The van der Waals surface area contributed by atoms with Crippen LogP contribution in [0.4, 0.5) is 10.1 Å². The molecule has 3 nitrogen and oxygen atoms in total. The number of rotatable bonds is 3. The molecule has 0 aliphatic carbocycles. The van der Waals surface area contributed by atoms with Gasteiger partial charge in [-0.3, -0.25) is 4.79 Å². The molecule has 0 aliphatic rings. The van der Waals surface area contributed by atoms with E-state index in [1.165, 1.54) is 6.07 Å². The lowest BCUT2D eigenvalue weighted by Crippen LogP contribution is -2.15. The Labute approximate surface area is 124 Å². The summed E-state index contributed by atoms with van der Waals surface area (Å²) in [5.74, 6) is -0.973. The van der Waals surface area contributed by atoms with Gasteiger partial charge in [-0.2, -0.15) is 0 Å². The van der Waals surface area contributed by atoms with Gasteiger partial charge in [-0.1, -0.05) is 41.4 Å². The lowest BCUT2D eigenvalue weighted by molar-refractivity contribution is -0.115. The summed E-state index contributed by atoms with van der Waals surface area (Å²) in [5, 5.41) is 12.1. The van der Waals surface area contributed by atoms with Crippen LogP contribution >= 0.6 is 23.2 Å². The number of hydrogen-bond donors (Lipinski definition) is 2. The summed E-state index contributed by atoms with van der Waals surface area (Å²) in [4.78, 5) is 11.9. The number of para-hydroxylation sites is 1. The predicted octanol–water partition coefficient (Wildman–Crippen LogP) is 4.02. The first kappa shape index (κ1) is 14.6. The number of nitrogens with one attached hydrogen (secondary N) is 1. The second-order valence-electron chi connectivity index (χ2n) is 4.10. The molecular formula is C14H10Cl2FNO2. The highest BCUT2D eigenvalue weighted by atomic mass is 35.5. The Hall–Kier alpha value is -1.78. The zero-order valence-electron chi connectivity index (χ0n) is 10.2. The predicted molar refractivity (Wildman–Crippen MR) is 76.9 cm³/mol. The number of benzene rings is 2. The molecule has 2 aromatic carbocycles. The van der Waals surface area contributed by atoms with E-state index in [1.54, 1.807) is 18.2 Å². The van der Waals surface area contributed by atoms with Crippen LogP contribution in [0.25, 0.3) is 0 Å². The largest absolute Gasteiger partial charge is 0.508 e. The van der Waals surface area contributed by atoms with Crippen molar-refractivity contribution in [2.24, 2.45) is 0 Å². The highest BCUT2D eigenvalue weighted by Gasteiger charge is 2.13. The number of halogens is 3. The Morgan fingerprint density at radius 2 is 1.80 bits per heavy atom. The van der Waals surface area contributed by atoms with E-state index in [1.807, 2.05) is 0 Å². The molecule has 0 aliphatic heterocycles. The maximum Gasteiger partial charge on any atom is 0.229 e. The Morgan fingerprint density at radius 1 is 1.20 bits per heavy atom. The average molecular weight is 314 g/mol. The minimum Gasteiger partial charge on any atom is -0.508 e. The molecule has 1 amide bonds. The van der Waals surface area contributed by atoms with E-state index in [-0.39, 0.29) is 27.9 Å². The molecule has 0 saturated heterocycles. The maximum absolute atomic E-state index is 13.0. The van der Waals surface area contributed by atoms with Gasteiger partial charge in [0.2, 0.25) is 5.91 Å². The van der Waals surface area contributed by atoms with Crippen molar-refractivity contribution in [3.63, 3.8) is 0 Å². The summed E-state index contributed by atoms with van der Waals surface area (Å²) in [6.07, 6.45) is -0.0449. The van der Waals surface area contributed by atoms with Gasteiger partial charge in [0.1, 0.15) is 11.6 Å². The standard InChI is InChI=1S/C14H10Cl2FNO2/c15-10-6-9(17)7-11(16)14(10)18-13(20)5-8-3-1-2-4-12(8)19/h1-4,6-7,19H,5H2,(H,18,20). The number of aromatic hydroxyl groups is 1. The Balaban J connectivity index is 2.15. The van der Waals surface area contributed by atoms with Crippen molar-refractivity contribution >= 4 is 34.8 Å². The number of phenols is 1. The van der Waals surface area contributed by atoms with Gasteiger partial charge in [0, 0.05) is 5.56 Å². The number of phenolic OH excluding ortho intramolecular Hbond substituents is 1. The molecule has 2 aromatic rings. The lowest BCUT2D eigenvalue weighted by Gasteiger charge is -2.10. The zero-order chi connectivity index (χ0) is 14.7.